The molecule has 1 N–H and O–H groups in total. The molecule has 76 valence electrons. The zero-order valence-corrected chi connectivity index (χ0v) is 7.01. The number of hydrogen-bond acceptors (Lipinski definition) is 7. The number of fused-ring (bicyclic) bond motifs is 1. The summed E-state index contributed by atoms with van der Waals surface area (Å²) in [4.78, 5) is 8.81. The average Bonchev–Trinajstić information content (AvgIpc) is 2.29. The molecule has 1 aliphatic carbocycles. The third-order valence-corrected chi connectivity index (χ3v) is 2.49. The SMILES string of the molecule is [O-]N1ONON([O-])C2CCCCC21. The number of hydroxylamine groups is 4. The smallest absolute Gasteiger partial charge is 0.0407 e. The Morgan fingerprint density at radius 3 is 1.92 bits per heavy atom. The fourth-order valence-electron chi connectivity index (χ4n) is 1.81. The molecule has 0 radical (unpaired) electrons. The zero-order valence-electron chi connectivity index (χ0n) is 7.01. The molecular weight excluding hydrogens is 178 g/mol. The second-order valence-electron chi connectivity index (χ2n) is 3.26. The Morgan fingerprint density at radius 1 is 1.00 bits per heavy atom. The van der Waals surface area contributed by atoms with Gasteiger partial charge in [0, 0.05) is 12.1 Å². The molecule has 0 aromatic heterocycles. The molecule has 2 rings (SSSR count). The summed E-state index contributed by atoms with van der Waals surface area (Å²) >= 11 is 0. The third-order valence-electron chi connectivity index (χ3n) is 2.49. The molecule has 0 aromatic carbocycles. The van der Waals surface area contributed by atoms with E-state index in [0.29, 0.717) is 23.3 Å². The maximum atomic E-state index is 11.2. The van der Waals surface area contributed by atoms with Gasteiger partial charge in [0.05, 0.1) is 0 Å². The Balaban J connectivity index is 2.09. The molecule has 0 bridgehead atoms. The van der Waals surface area contributed by atoms with Crippen LogP contribution in [0.4, 0.5) is 0 Å². The molecule has 0 spiro atoms. The predicted molar refractivity (Wildman–Crippen MR) is 41.8 cm³/mol. The quantitative estimate of drug-likeness (QED) is 0.582. The minimum absolute atomic E-state index is 0.404. The van der Waals surface area contributed by atoms with Gasteiger partial charge in [0.15, 0.2) is 0 Å². The second-order valence-corrected chi connectivity index (χ2v) is 3.26. The van der Waals surface area contributed by atoms with E-state index < -0.39 is 12.1 Å². The van der Waals surface area contributed by atoms with Crippen molar-refractivity contribution in [3.8, 4) is 0 Å². The monoisotopic (exact) mass is 189 g/mol. The second kappa shape index (κ2) is 3.84. The first-order valence-electron chi connectivity index (χ1n) is 4.30. The first kappa shape index (κ1) is 9.28. The van der Waals surface area contributed by atoms with Gasteiger partial charge in [-0.3, -0.25) is 0 Å². The summed E-state index contributed by atoms with van der Waals surface area (Å²) < 4.78 is 0. The van der Waals surface area contributed by atoms with Gasteiger partial charge >= 0.3 is 0 Å². The lowest BCUT2D eigenvalue weighted by Gasteiger charge is -2.43. The van der Waals surface area contributed by atoms with Crippen molar-refractivity contribution in [2.75, 3.05) is 0 Å². The first-order valence-corrected chi connectivity index (χ1v) is 4.30. The van der Waals surface area contributed by atoms with E-state index in [0.717, 1.165) is 12.8 Å². The fourth-order valence-corrected chi connectivity index (χ4v) is 1.81. The Kier molecular flexibility index (Phi) is 2.74. The third kappa shape index (κ3) is 1.81. The molecule has 1 saturated carbocycles. The number of hydrogen-bond donors (Lipinski definition) is 1. The van der Waals surface area contributed by atoms with Gasteiger partial charge < -0.3 is 10.4 Å². The van der Waals surface area contributed by atoms with E-state index in [1.165, 1.54) is 0 Å². The normalized spacial score (nSPS) is 38.3. The average molecular weight is 189 g/mol. The Bertz CT molecular complexity index is 163. The first-order chi connectivity index (χ1) is 6.29. The van der Waals surface area contributed by atoms with Crippen molar-refractivity contribution in [2.24, 2.45) is 0 Å². The van der Waals surface area contributed by atoms with E-state index in [1.54, 1.807) is 0 Å². The predicted octanol–water partition coefficient (Wildman–Crippen LogP) is 0.194. The highest BCUT2D eigenvalue weighted by Gasteiger charge is 2.30. The summed E-state index contributed by atoms with van der Waals surface area (Å²) in [5.74, 6) is 0. The molecule has 2 atom stereocenters. The van der Waals surface area contributed by atoms with Crippen LogP contribution in [0.25, 0.3) is 0 Å². The van der Waals surface area contributed by atoms with Gasteiger partial charge in [-0.15, -0.1) is 0 Å². The molecule has 1 heterocycles. The standard InChI is InChI=1S/C6H11N3O4/c10-8-5-3-1-2-4-6(5)9(11)13-7-12-8/h5-7H,1-4H2/q-2. The van der Waals surface area contributed by atoms with Crippen molar-refractivity contribution in [1.82, 2.24) is 16.1 Å². The molecule has 13 heavy (non-hydrogen) atoms. The van der Waals surface area contributed by atoms with Crippen LogP contribution in [0.5, 0.6) is 0 Å². The van der Waals surface area contributed by atoms with Crippen LogP contribution in [0.1, 0.15) is 25.7 Å². The highest BCUT2D eigenvalue weighted by atomic mass is 17.1. The van der Waals surface area contributed by atoms with E-state index in [2.05, 4.69) is 9.88 Å². The van der Waals surface area contributed by atoms with Crippen molar-refractivity contribution < 1.29 is 9.88 Å². The highest BCUT2D eigenvalue weighted by Crippen LogP contribution is 2.27. The summed E-state index contributed by atoms with van der Waals surface area (Å²) in [5.41, 5.74) is 1.83. The van der Waals surface area contributed by atoms with E-state index in [-0.39, 0.29) is 0 Å². The van der Waals surface area contributed by atoms with E-state index in [4.69, 9.17) is 0 Å². The van der Waals surface area contributed by atoms with Gasteiger partial charge in [0.25, 0.3) is 0 Å². The van der Waals surface area contributed by atoms with Gasteiger partial charge in [0.1, 0.15) is 0 Å². The molecule has 1 aliphatic heterocycles. The topological polar surface area (TPSA) is 83.1 Å². The van der Waals surface area contributed by atoms with E-state index in [1.807, 2.05) is 5.64 Å². The van der Waals surface area contributed by atoms with Crippen LogP contribution in [-0.4, -0.2) is 22.5 Å². The molecule has 2 fully saturated rings. The molecule has 0 amide bonds. The van der Waals surface area contributed by atoms with Gasteiger partial charge in [-0.05, 0) is 18.5 Å². The van der Waals surface area contributed by atoms with Gasteiger partial charge in [0.2, 0.25) is 0 Å². The summed E-state index contributed by atoms with van der Waals surface area (Å²) in [6.07, 6.45) is 3.21. The van der Waals surface area contributed by atoms with Crippen molar-refractivity contribution >= 4 is 0 Å². The maximum Gasteiger partial charge on any atom is 0.0407 e. The summed E-state index contributed by atoms with van der Waals surface area (Å²) in [5, 5.41) is 23.2. The summed E-state index contributed by atoms with van der Waals surface area (Å²) in [6, 6.07) is -0.859. The molecule has 2 unspecified atom stereocenters. The van der Waals surface area contributed by atoms with Crippen molar-refractivity contribution in [3.05, 3.63) is 10.4 Å². The van der Waals surface area contributed by atoms with Crippen LogP contribution in [0, 0.1) is 10.4 Å². The molecule has 1 saturated heterocycles. The van der Waals surface area contributed by atoms with Crippen LogP contribution in [0.3, 0.4) is 0 Å². The Morgan fingerprint density at radius 2 is 1.46 bits per heavy atom. The Labute approximate surface area is 75.2 Å². The van der Waals surface area contributed by atoms with Crippen LogP contribution in [0.15, 0.2) is 0 Å². The minimum Gasteiger partial charge on any atom is -0.760 e. The number of rotatable bonds is 0. The lowest BCUT2D eigenvalue weighted by molar-refractivity contribution is -0.328. The Hall–Kier alpha value is -0.280. The lowest BCUT2D eigenvalue weighted by atomic mass is 9.91. The zero-order chi connectivity index (χ0) is 9.26. The maximum absolute atomic E-state index is 11.2. The number of nitrogens with zero attached hydrogens (tertiary/aromatic N) is 2. The van der Waals surface area contributed by atoms with Crippen molar-refractivity contribution in [2.45, 2.75) is 37.8 Å². The molecule has 7 heteroatoms. The van der Waals surface area contributed by atoms with Crippen molar-refractivity contribution in [3.63, 3.8) is 0 Å². The van der Waals surface area contributed by atoms with E-state index in [9.17, 15) is 10.4 Å². The molecule has 2 aliphatic rings. The van der Waals surface area contributed by atoms with Gasteiger partial charge in [-0.1, -0.05) is 12.8 Å². The molecule has 7 nitrogen and oxygen atoms in total. The minimum atomic E-state index is -0.429. The van der Waals surface area contributed by atoms with Crippen LogP contribution >= 0.6 is 0 Å². The summed E-state index contributed by atoms with van der Waals surface area (Å²) in [6.45, 7) is 0. The van der Waals surface area contributed by atoms with Gasteiger partial charge in [-0.25, -0.2) is 10.5 Å². The summed E-state index contributed by atoms with van der Waals surface area (Å²) in [7, 11) is 0. The largest absolute Gasteiger partial charge is 0.760 e. The fraction of sp³-hybridized carbons (Fsp3) is 1.00. The van der Waals surface area contributed by atoms with Crippen molar-refractivity contribution in [1.29, 1.82) is 0 Å². The molecule has 0 aromatic rings. The van der Waals surface area contributed by atoms with Crippen LogP contribution in [-0.2, 0) is 9.88 Å². The van der Waals surface area contributed by atoms with Crippen LogP contribution < -0.4 is 5.64 Å². The highest BCUT2D eigenvalue weighted by molar-refractivity contribution is 4.86. The lowest BCUT2D eigenvalue weighted by Crippen LogP contribution is -2.46. The number of nitrogens with one attached hydrogen (secondary N) is 1. The van der Waals surface area contributed by atoms with E-state index >= 15 is 0 Å². The van der Waals surface area contributed by atoms with Crippen LogP contribution in [0.2, 0.25) is 0 Å². The van der Waals surface area contributed by atoms with Gasteiger partial charge in [-0.2, -0.15) is 9.88 Å². The molecular formula is C6H11N3O4-2.